The molecule has 7 heteroatoms. The number of rotatable bonds is 7. The highest BCUT2D eigenvalue weighted by Crippen LogP contribution is 1.97. The summed E-state index contributed by atoms with van der Waals surface area (Å²) in [7, 11) is 0. The topological polar surface area (TPSA) is 108 Å². The van der Waals surface area contributed by atoms with Gasteiger partial charge in [0.1, 0.15) is 0 Å². The molecule has 0 radical (unpaired) electrons. The number of hydrogen-bond acceptors (Lipinski definition) is 4. The Labute approximate surface area is 116 Å². The average molecular weight is 279 g/mol. The van der Waals surface area contributed by atoms with Gasteiger partial charge in [-0.05, 0) is 5.56 Å². The minimum atomic E-state index is -1.11. The third kappa shape index (κ3) is 5.96. The van der Waals surface area contributed by atoms with E-state index in [1.54, 1.807) is 0 Å². The molecule has 0 fully saturated rings. The summed E-state index contributed by atoms with van der Waals surface area (Å²) in [4.78, 5) is 33.4. The van der Waals surface area contributed by atoms with E-state index in [9.17, 15) is 14.4 Å². The van der Waals surface area contributed by atoms with Crippen molar-refractivity contribution in [1.82, 2.24) is 16.0 Å². The molecule has 20 heavy (non-hydrogen) atoms. The van der Waals surface area contributed by atoms with Gasteiger partial charge in [0.05, 0.1) is 6.54 Å². The Kier molecular flexibility index (Phi) is 6.18. The smallest absolute Gasteiger partial charge is 0.317 e. The van der Waals surface area contributed by atoms with E-state index in [0.29, 0.717) is 6.54 Å². The van der Waals surface area contributed by atoms with Gasteiger partial charge in [0.2, 0.25) is 5.91 Å². The van der Waals surface area contributed by atoms with Gasteiger partial charge in [0.25, 0.3) is 5.91 Å². The number of hydrogen-bond donors (Lipinski definition) is 4. The Morgan fingerprint density at radius 1 is 1.20 bits per heavy atom. The van der Waals surface area contributed by atoms with E-state index in [1.165, 1.54) is 6.92 Å². The van der Waals surface area contributed by atoms with Crippen LogP contribution in [0.2, 0.25) is 0 Å². The second-order valence-corrected chi connectivity index (χ2v) is 4.11. The van der Waals surface area contributed by atoms with Crippen LogP contribution in [0.25, 0.3) is 0 Å². The second kappa shape index (κ2) is 7.90. The zero-order valence-corrected chi connectivity index (χ0v) is 11.1. The van der Waals surface area contributed by atoms with Crippen LogP contribution in [0.5, 0.6) is 0 Å². The molecule has 1 aromatic carbocycles. The number of carbonyl (C=O) groups excluding carboxylic acids is 2. The van der Waals surface area contributed by atoms with Gasteiger partial charge in [0.15, 0.2) is 6.17 Å². The monoisotopic (exact) mass is 279 g/mol. The van der Waals surface area contributed by atoms with Gasteiger partial charge >= 0.3 is 5.97 Å². The Hall–Kier alpha value is -2.41. The third-order valence-electron chi connectivity index (χ3n) is 2.38. The van der Waals surface area contributed by atoms with Crippen LogP contribution in [0.15, 0.2) is 30.3 Å². The molecule has 0 aliphatic heterocycles. The predicted octanol–water partition coefficient (Wildman–Crippen LogP) is -0.561. The summed E-state index contributed by atoms with van der Waals surface area (Å²) < 4.78 is 0. The van der Waals surface area contributed by atoms with Crippen molar-refractivity contribution < 1.29 is 19.5 Å². The highest BCUT2D eigenvalue weighted by molar-refractivity contribution is 5.86. The number of carboxylic acids is 1. The van der Waals surface area contributed by atoms with Gasteiger partial charge in [-0.1, -0.05) is 30.3 Å². The second-order valence-electron chi connectivity index (χ2n) is 4.11. The quantitative estimate of drug-likeness (QED) is 0.500. The third-order valence-corrected chi connectivity index (χ3v) is 2.38. The molecular formula is C13H17N3O4. The van der Waals surface area contributed by atoms with Crippen LogP contribution in [-0.2, 0) is 20.9 Å². The maximum Gasteiger partial charge on any atom is 0.317 e. The Balaban J connectivity index is 2.53. The van der Waals surface area contributed by atoms with Crippen molar-refractivity contribution in [3.63, 3.8) is 0 Å². The predicted molar refractivity (Wildman–Crippen MR) is 71.5 cm³/mol. The number of carboxylic acid groups (broad SMARTS) is 1. The van der Waals surface area contributed by atoms with Crippen LogP contribution < -0.4 is 16.0 Å². The molecule has 0 saturated carbocycles. The maximum atomic E-state index is 11.9. The lowest BCUT2D eigenvalue weighted by molar-refractivity contribution is -0.137. The Bertz CT molecular complexity index is 476. The first kappa shape index (κ1) is 15.6. The molecule has 1 aromatic rings. The highest BCUT2D eigenvalue weighted by atomic mass is 16.4. The van der Waals surface area contributed by atoms with Crippen molar-refractivity contribution in [3.8, 4) is 0 Å². The van der Waals surface area contributed by atoms with Crippen molar-refractivity contribution in [3.05, 3.63) is 35.9 Å². The lowest BCUT2D eigenvalue weighted by Gasteiger charge is -2.18. The molecule has 7 nitrogen and oxygen atoms in total. The van der Waals surface area contributed by atoms with E-state index in [1.807, 2.05) is 30.3 Å². The summed E-state index contributed by atoms with van der Waals surface area (Å²) in [6.07, 6.45) is -1.08. The number of nitrogens with one attached hydrogen (secondary N) is 3. The molecule has 0 aliphatic carbocycles. The zero-order valence-electron chi connectivity index (χ0n) is 11.1. The first-order valence-corrected chi connectivity index (χ1v) is 6.03. The van der Waals surface area contributed by atoms with Gasteiger partial charge in [0, 0.05) is 13.5 Å². The summed E-state index contributed by atoms with van der Waals surface area (Å²) in [6, 6.07) is 9.24. The average Bonchev–Trinajstić information content (AvgIpc) is 2.41. The molecule has 1 rings (SSSR count). The summed E-state index contributed by atoms with van der Waals surface area (Å²) in [5.41, 5.74) is 0.903. The van der Waals surface area contributed by atoms with Crippen LogP contribution in [0.4, 0.5) is 0 Å². The largest absolute Gasteiger partial charge is 0.480 e. The van der Waals surface area contributed by atoms with E-state index in [2.05, 4.69) is 16.0 Å². The van der Waals surface area contributed by atoms with Crippen molar-refractivity contribution >= 4 is 17.8 Å². The lowest BCUT2D eigenvalue weighted by atomic mass is 10.2. The highest BCUT2D eigenvalue weighted by Gasteiger charge is 2.19. The molecule has 2 amide bonds. The van der Waals surface area contributed by atoms with Crippen LogP contribution in [-0.4, -0.2) is 35.6 Å². The SMILES string of the molecule is CC(=O)NC(NCC(=O)O)C(=O)NCc1ccccc1. The van der Waals surface area contributed by atoms with Crippen LogP contribution in [0, 0.1) is 0 Å². The number of aliphatic carboxylic acids is 1. The summed E-state index contributed by atoms with van der Waals surface area (Å²) >= 11 is 0. The van der Waals surface area contributed by atoms with Crippen molar-refractivity contribution in [2.24, 2.45) is 0 Å². The molecule has 108 valence electrons. The molecule has 0 heterocycles. The van der Waals surface area contributed by atoms with Gasteiger partial charge in [-0.15, -0.1) is 0 Å². The molecular weight excluding hydrogens is 262 g/mol. The normalized spacial score (nSPS) is 11.4. The fraction of sp³-hybridized carbons (Fsp3) is 0.308. The number of carbonyl (C=O) groups is 3. The van der Waals surface area contributed by atoms with Crippen LogP contribution in [0.3, 0.4) is 0 Å². The standard InChI is InChI=1S/C13H17N3O4/c1-9(17)16-12(14-8-11(18)19)13(20)15-7-10-5-3-2-4-6-10/h2-6,12,14H,7-8H2,1H3,(H,15,20)(H,16,17)(H,18,19). The summed E-state index contributed by atoms with van der Waals surface area (Å²) in [5, 5.41) is 16.0. The van der Waals surface area contributed by atoms with Crippen molar-refractivity contribution in [2.75, 3.05) is 6.54 Å². The molecule has 4 N–H and O–H groups in total. The Morgan fingerprint density at radius 2 is 1.85 bits per heavy atom. The minimum absolute atomic E-state index is 0.296. The summed E-state index contributed by atoms with van der Waals surface area (Å²) in [6.45, 7) is 1.12. The van der Waals surface area contributed by atoms with Gasteiger partial charge in [-0.2, -0.15) is 0 Å². The maximum absolute atomic E-state index is 11.9. The molecule has 0 spiro atoms. The molecule has 0 saturated heterocycles. The fourth-order valence-corrected chi connectivity index (χ4v) is 1.49. The molecule has 0 aliphatic rings. The van der Waals surface area contributed by atoms with Gasteiger partial charge in [-0.25, -0.2) is 0 Å². The van der Waals surface area contributed by atoms with Gasteiger partial charge < -0.3 is 15.7 Å². The number of amides is 2. The molecule has 0 bridgehead atoms. The zero-order chi connectivity index (χ0) is 15.0. The first-order chi connectivity index (χ1) is 9.49. The van der Waals surface area contributed by atoms with E-state index in [-0.39, 0.29) is 0 Å². The number of benzene rings is 1. The van der Waals surface area contributed by atoms with Crippen LogP contribution >= 0.6 is 0 Å². The van der Waals surface area contributed by atoms with E-state index >= 15 is 0 Å². The fourth-order valence-electron chi connectivity index (χ4n) is 1.49. The Morgan fingerprint density at radius 3 is 2.40 bits per heavy atom. The summed E-state index contributed by atoms with van der Waals surface area (Å²) in [5.74, 6) is -2.04. The lowest BCUT2D eigenvalue weighted by Crippen LogP contribution is -2.55. The molecule has 1 atom stereocenters. The van der Waals surface area contributed by atoms with Crippen molar-refractivity contribution in [1.29, 1.82) is 0 Å². The van der Waals surface area contributed by atoms with E-state index in [4.69, 9.17) is 5.11 Å². The van der Waals surface area contributed by atoms with Crippen LogP contribution in [0.1, 0.15) is 12.5 Å². The van der Waals surface area contributed by atoms with E-state index < -0.39 is 30.5 Å². The molecule has 0 aromatic heterocycles. The first-order valence-electron chi connectivity index (χ1n) is 6.03. The minimum Gasteiger partial charge on any atom is -0.480 e. The van der Waals surface area contributed by atoms with Crippen molar-refractivity contribution in [2.45, 2.75) is 19.6 Å². The van der Waals surface area contributed by atoms with Gasteiger partial charge in [-0.3, -0.25) is 19.7 Å². The van der Waals surface area contributed by atoms with E-state index in [0.717, 1.165) is 5.56 Å². The molecule has 1 unspecified atom stereocenters.